The molecule has 1 aromatic rings. The molecular weight excluding hydrogens is 188 g/mol. The van der Waals surface area contributed by atoms with E-state index in [9.17, 15) is 4.79 Å². The predicted octanol–water partition coefficient (Wildman–Crippen LogP) is 2.45. The summed E-state index contributed by atoms with van der Waals surface area (Å²) >= 11 is 5.39. The highest BCUT2D eigenvalue weighted by atomic mass is 35.5. The first-order valence-corrected chi connectivity index (χ1v) is 4.23. The molecule has 0 saturated carbocycles. The van der Waals surface area contributed by atoms with E-state index >= 15 is 0 Å². The quantitative estimate of drug-likeness (QED) is 0.550. The van der Waals surface area contributed by atoms with E-state index in [4.69, 9.17) is 16.3 Å². The molecular formula is C10H10ClO2+. The third-order valence-electron chi connectivity index (χ3n) is 1.81. The van der Waals surface area contributed by atoms with Crippen LogP contribution in [0.3, 0.4) is 0 Å². The second kappa shape index (κ2) is 4.19. The van der Waals surface area contributed by atoms with Crippen LogP contribution in [0.25, 0.3) is 0 Å². The lowest BCUT2D eigenvalue weighted by Gasteiger charge is -2.06. The highest BCUT2D eigenvalue weighted by molar-refractivity contribution is 6.68. The average molecular weight is 198 g/mol. The molecule has 0 aliphatic rings. The number of hydrogen-bond acceptors (Lipinski definition) is 2. The first-order chi connectivity index (χ1) is 6.20. The number of halogens is 1. The van der Waals surface area contributed by atoms with E-state index in [2.05, 4.69) is 6.92 Å². The second-order valence-electron chi connectivity index (χ2n) is 2.51. The summed E-state index contributed by atoms with van der Waals surface area (Å²) in [7, 11) is 1.55. The molecule has 0 amide bonds. The second-order valence-corrected chi connectivity index (χ2v) is 2.85. The van der Waals surface area contributed by atoms with E-state index in [1.54, 1.807) is 25.3 Å². The van der Waals surface area contributed by atoms with Crippen molar-refractivity contribution in [3.05, 3.63) is 36.2 Å². The fourth-order valence-electron chi connectivity index (χ4n) is 1.20. The summed E-state index contributed by atoms with van der Waals surface area (Å²) < 4.78 is 5.08. The molecule has 3 heteroatoms. The summed E-state index contributed by atoms with van der Waals surface area (Å²) in [6.45, 7) is 3.72. The number of benzene rings is 1. The summed E-state index contributed by atoms with van der Waals surface area (Å²) in [6, 6.07) is 5.18. The Labute approximate surface area is 82.5 Å². The third kappa shape index (κ3) is 1.95. The fourth-order valence-corrected chi connectivity index (χ4v) is 1.38. The van der Waals surface area contributed by atoms with Crippen LogP contribution in [0.5, 0.6) is 5.75 Å². The Kier molecular flexibility index (Phi) is 3.20. The number of rotatable bonds is 3. The van der Waals surface area contributed by atoms with Crippen molar-refractivity contribution in [2.75, 3.05) is 7.11 Å². The number of ether oxygens (including phenoxy) is 1. The maximum absolute atomic E-state index is 11.0. The van der Waals surface area contributed by atoms with Gasteiger partial charge in [0, 0.05) is 5.56 Å². The van der Waals surface area contributed by atoms with Crippen molar-refractivity contribution < 1.29 is 9.53 Å². The van der Waals surface area contributed by atoms with Gasteiger partial charge in [0.15, 0.2) is 0 Å². The monoisotopic (exact) mass is 197 g/mol. The Hall–Kier alpha value is -1.15. The normalized spacial score (nSPS) is 9.69. The summed E-state index contributed by atoms with van der Waals surface area (Å²) in [5.41, 5.74) is 1.22. The minimum absolute atomic E-state index is 0.469. The molecule has 0 saturated heterocycles. The van der Waals surface area contributed by atoms with Crippen LogP contribution in [0.1, 0.15) is 15.9 Å². The zero-order valence-electron chi connectivity index (χ0n) is 7.34. The highest BCUT2D eigenvalue weighted by Crippen LogP contribution is 2.23. The van der Waals surface area contributed by atoms with Crippen molar-refractivity contribution in [3.8, 4) is 5.75 Å². The van der Waals surface area contributed by atoms with Crippen LogP contribution >= 0.6 is 11.6 Å². The van der Waals surface area contributed by atoms with Gasteiger partial charge in [0.05, 0.1) is 19.6 Å². The molecule has 0 spiro atoms. The van der Waals surface area contributed by atoms with Crippen molar-refractivity contribution in [1.29, 1.82) is 0 Å². The van der Waals surface area contributed by atoms with Crippen LogP contribution in [0.15, 0.2) is 18.2 Å². The van der Waals surface area contributed by atoms with E-state index < -0.39 is 5.24 Å². The van der Waals surface area contributed by atoms with E-state index in [0.717, 1.165) is 5.56 Å². The lowest BCUT2D eigenvalue weighted by molar-refractivity contribution is 0.108. The molecule has 2 nitrogen and oxygen atoms in total. The SMILES string of the molecule is [CH2+]Cc1c(OC)cccc1C(=O)Cl. The van der Waals surface area contributed by atoms with E-state index in [1.165, 1.54) is 0 Å². The Morgan fingerprint density at radius 2 is 2.31 bits per heavy atom. The summed E-state index contributed by atoms with van der Waals surface area (Å²) in [4.78, 5) is 11.0. The smallest absolute Gasteiger partial charge is 0.252 e. The van der Waals surface area contributed by atoms with E-state index in [1.807, 2.05) is 0 Å². The van der Waals surface area contributed by atoms with Gasteiger partial charge >= 0.3 is 0 Å². The van der Waals surface area contributed by atoms with Crippen molar-refractivity contribution >= 4 is 16.8 Å². The molecule has 0 aliphatic heterocycles. The largest absolute Gasteiger partial charge is 0.496 e. The van der Waals surface area contributed by atoms with Crippen molar-refractivity contribution in [3.63, 3.8) is 0 Å². The Morgan fingerprint density at radius 1 is 1.62 bits per heavy atom. The minimum atomic E-state index is -0.474. The van der Waals surface area contributed by atoms with Gasteiger partial charge < -0.3 is 4.74 Å². The topological polar surface area (TPSA) is 26.3 Å². The summed E-state index contributed by atoms with van der Waals surface area (Å²) in [5.74, 6) is 0.654. The van der Waals surface area contributed by atoms with Gasteiger partial charge in [0.2, 0.25) is 0 Å². The highest BCUT2D eigenvalue weighted by Gasteiger charge is 2.13. The van der Waals surface area contributed by atoms with Gasteiger partial charge in [-0.3, -0.25) is 4.79 Å². The molecule has 13 heavy (non-hydrogen) atoms. The number of methoxy groups -OCH3 is 1. The summed E-state index contributed by atoms with van der Waals surface area (Å²) in [6.07, 6.45) is 0.484. The van der Waals surface area contributed by atoms with Gasteiger partial charge in [-0.1, -0.05) is 6.07 Å². The van der Waals surface area contributed by atoms with Crippen molar-refractivity contribution in [1.82, 2.24) is 0 Å². The average Bonchev–Trinajstić information content (AvgIpc) is 2.16. The maximum Gasteiger partial charge on any atom is 0.252 e. The lowest BCUT2D eigenvalue weighted by atomic mass is 10.1. The predicted molar refractivity (Wildman–Crippen MR) is 52.2 cm³/mol. The molecule has 0 bridgehead atoms. The molecule has 0 radical (unpaired) electrons. The van der Waals surface area contributed by atoms with Crippen LogP contribution in [0.2, 0.25) is 0 Å². The third-order valence-corrected chi connectivity index (χ3v) is 2.02. The maximum atomic E-state index is 11.0. The molecule has 0 heterocycles. The van der Waals surface area contributed by atoms with Gasteiger partial charge in [-0.15, -0.1) is 0 Å². The molecule has 1 aromatic carbocycles. The first-order valence-electron chi connectivity index (χ1n) is 3.85. The molecule has 0 aliphatic carbocycles. The standard InChI is InChI=1S/C10H10ClO2/c1-3-7-8(10(11)12)5-4-6-9(7)13-2/h4-6H,1,3H2,2H3/q+1. The van der Waals surface area contributed by atoms with Gasteiger partial charge in [0.1, 0.15) is 12.2 Å². The Morgan fingerprint density at radius 3 is 2.77 bits per heavy atom. The van der Waals surface area contributed by atoms with Gasteiger partial charge in [-0.25, -0.2) is 0 Å². The molecule has 0 unspecified atom stereocenters. The molecule has 0 fully saturated rings. The molecule has 0 atom stereocenters. The van der Waals surface area contributed by atoms with E-state index in [-0.39, 0.29) is 0 Å². The molecule has 68 valence electrons. The zero-order chi connectivity index (χ0) is 9.84. The number of hydrogen-bond donors (Lipinski definition) is 0. The number of carbonyl (C=O) groups is 1. The Balaban J connectivity index is 3.27. The van der Waals surface area contributed by atoms with Crippen LogP contribution in [0, 0.1) is 6.92 Å². The van der Waals surface area contributed by atoms with Crippen molar-refractivity contribution in [2.24, 2.45) is 0 Å². The van der Waals surface area contributed by atoms with Gasteiger partial charge in [0.25, 0.3) is 5.24 Å². The fraction of sp³-hybridized carbons (Fsp3) is 0.200. The van der Waals surface area contributed by atoms with Crippen LogP contribution in [0.4, 0.5) is 0 Å². The van der Waals surface area contributed by atoms with Gasteiger partial charge in [-0.2, -0.15) is 0 Å². The summed E-state index contributed by atoms with van der Waals surface area (Å²) in [5, 5.41) is -0.474. The minimum Gasteiger partial charge on any atom is -0.496 e. The van der Waals surface area contributed by atoms with Crippen LogP contribution in [-0.2, 0) is 6.42 Å². The Bertz CT molecular complexity index is 321. The van der Waals surface area contributed by atoms with Gasteiger partial charge in [-0.05, 0) is 23.7 Å². The van der Waals surface area contributed by atoms with Crippen LogP contribution in [-0.4, -0.2) is 12.4 Å². The molecule has 1 rings (SSSR count). The van der Waals surface area contributed by atoms with Crippen LogP contribution < -0.4 is 4.74 Å². The molecule has 0 N–H and O–H groups in total. The number of carbonyl (C=O) groups excluding carboxylic acids is 1. The van der Waals surface area contributed by atoms with E-state index in [0.29, 0.717) is 17.7 Å². The first kappa shape index (κ1) is 9.93. The zero-order valence-corrected chi connectivity index (χ0v) is 8.10. The lowest BCUT2D eigenvalue weighted by Crippen LogP contribution is -1.99. The molecule has 0 aromatic heterocycles. The van der Waals surface area contributed by atoms with Crippen molar-refractivity contribution in [2.45, 2.75) is 6.42 Å².